The molecule has 0 atom stereocenters. The molecule has 0 aliphatic heterocycles. The molecule has 0 amide bonds. The molecule has 0 unspecified atom stereocenters. The summed E-state index contributed by atoms with van der Waals surface area (Å²) in [5.41, 5.74) is 2.12. The minimum absolute atomic E-state index is 0.0683. The third-order valence-electron chi connectivity index (χ3n) is 2.41. The molecular formula is C12H17FS. The fraction of sp³-hybridized carbons (Fsp3) is 0.500. The van der Waals surface area contributed by atoms with E-state index in [-0.39, 0.29) is 5.82 Å². The van der Waals surface area contributed by atoms with E-state index in [9.17, 15) is 4.39 Å². The molecule has 0 heterocycles. The molecule has 0 aromatic heterocycles. The van der Waals surface area contributed by atoms with E-state index in [1.807, 2.05) is 19.2 Å². The summed E-state index contributed by atoms with van der Waals surface area (Å²) in [4.78, 5) is 1.13. The van der Waals surface area contributed by atoms with Crippen LogP contribution in [0.25, 0.3) is 0 Å². The van der Waals surface area contributed by atoms with E-state index in [1.54, 1.807) is 17.8 Å². The Morgan fingerprint density at radius 1 is 1.36 bits per heavy atom. The Labute approximate surface area is 89.9 Å². The van der Waals surface area contributed by atoms with Gasteiger partial charge >= 0.3 is 0 Å². The van der Waals surface area contributed by atoms with Gasteiger partial charge < -0.3 is 0 Å². The quantitative estimate of drug-likeness (QED) is 0.675. The van der Waals surface area contributed by atoms with Gasteiger partial charge in [0.15, 0.2) is 0 Å². The van der Waals surface area contributed by atoms with Gasteiger partial charge in [-0.15, -0.1) is 11.8 Å². The Kier molecular flexibility index (Phi) is 3.99. The highest BCUT2D eigenvalue weighted by atomic mass is 32.2. The topological polar surface area (TPSA) is 0 Å². The lowest BCUT2D eigenvalue weighted by Crippen LogP contribution is -1.98. The Hall–Kier alpha value is -0.500. The van der Waals surface area contributed by atoms with Gasteiger partial charge in [0.05, 0.1) is 0 Å². The summed E-state index contributed by atoms with van der Waals surface area (Å²) in [7, 11) is 0. The normalized spacial score (nSPS) is 11.0. The van der Waals surface area contributed by atoms with Gasteiger partial charge in [0.1, 0.15) is 5.82 Å². The van der Waals surface area contributed by atoms with Crippen molar-refractivity contribution in [1.82, 2.24) is 0 Å². The van der Waals surface area contributed by atoms with Crippen LogP contribution in [0.5, 0.6) is 0 Å². The van der Waals surface area contributed by atoms with Crippen molar-refractivity contribution in [2.24, 2.45) is 0 Å². The number of rotatable bonds is 3. The Bertz CT molecular complexity index is 318. The third-order valence-corrected chi connectivity index (χ3v) is 3.30. The maximum atomic E-state index is 13.5. The summed E-state index contributed by atoms with van der Waals surface area (Å²) in [5.74, 6) is 0.393. The van der Waals surface area contributed by atoms with Gasteiger partial charge in [-0.25, -0.2) is 4.39 Å². The Balaban J connectivity index is 3.33. The van der Waals surface area contributed by atoms with Gasteiger partial charge in [0, 0.05) is 10.5 Å². The second-order valence-electron chi connectivity index (χ2n) is 3.66. The zero-order chi connectivity index (χ0) is 10.7. The number of benzene rings is 1. The monoisotopic (exact) mass is 212 g/mol. The zero-order valence-electron chi connectivity index (χ0n) is 9.23. The average molecular weight is 212 g/mol. The number of thioether (sulfide) groups is 1. The van der Waals surface area contributed by atoms with E-state index in [1.165, 1.54) is 5.56 Å². The lowest BCUT2D eigenvalue weighted by Gasteiger charge is -2.15. The lowest BCUT2D eigenvalue weighted by molar-refractivity contribution is 0.602. The zero-order valence-corrected chi connectivity index (χ0v) is 10.0. The molecule has 1 rings (SSSR count). The highest BCUT2D eigenvalue weighted by molar-refractivity contribution is 7.98. The minimum Gasteiger partial charge on any atom is -0.207 e. The first kappa shape index (κ1) is 11.6. The molecule has 0 fully saturated rings. The highest BCUT2D eigenvalue weighted by Crippen LogP contribution is 2.32. The molecule has 0 saturated heterocycles. The first-order valence-electron chi connectivity index (χ1n) is 4.97. The van der Waals surface area contributed by atoms with Gasteiger partial charge in [-0.05, 0) is 30.2 Å². The molecule has 1 aromatic rings. The lowest BCUT2D eigenvalue weighted by atomic mass is 9.99. The predicted octanol–water partition coefficient (Wildman–Crippen LogP) is 4.23. The van der Waals surface area contributed by atoms with Gasteiger partial charge in [-0.1, -0.05) is 26.8 Å². The fourth-order valence-corrected chi connectivity index (χ4v) is 2.67. The average Bonchev–Trinajstić information content (AvgIpc) is 2.16. The summed E-state index contributed by atoms with van der Waals surface area (Å²) in [5, 5.41) is 0. The minimum atomic E-state index is -0.0683. The van der Waals surface area contributed by atoms with E-state index in [0.717, 1.165) is 16.9 Å². The van der Waals surface area contributed by atoms with Crippen molar-refractivity contribution in [3.8, 4) is 0 Å². The van der Waals surface area contributed by atoms with E-state index < -0.39 is 0 Å². The van der Waals surface area contributed by atoms with Crippen molar-refractivity contribution < 1.29 is 4.39 Å². The van der Waals surface area contributed by atoms with Gasteiger partial charge in [0.2, 0.25) is 0 Å². The van der Waals surface area contributed by atoms with Crippen LogP contribution in [0.4, 0.5) is 4.39 Å². The van der Waals surface area contributed by atoms with Crippen molar-refractivity contribution >= 4 is 11.8 Å². The van der Waals surface area contributed by atoms with E-state index in [0.29, 0.717) is 5.92 Å². The summed E-state index contributed by atoms with van der Waals surface area (Å²) >= 11 is 1.65. The van der Waals surface area contributed by atoms with Crippen LogP contribution in [0.3, 0.4) is 0 Å². The van der Waals surface area contributed by atoms with Gasteiger partial charge in [0.25, 0.3) is 0 Å². The van der Waals surface area contributed by atoms with E-state index >= 15 is 0 Å². The summed E-state index contributed by atoms with van der Waals surface area (Å²) in [6.07, 6.45) is 2.78. The fourth-order valence-electron chi connectivity index (χ4n) is 1.65. The van der Waals surface area contributed by atoms with Crippen LogP contribution >= 0.6 is 11.8 Å². The molecule has 0 nitrogen and oxygen atoms in total. The molecule has 0 bridgehead atoms. The van der Waals surface area contributed by atoms with Crippen LogP contribution < -0.4 is 0 Å². The van der Waals surface area contributed by atoms with Crippen molar-refractivity contribution in [2.45, 2.75) is 38.0 Å². The van der Waals surface area contributed by atoms with Crippen LogP contribution in [-0.2, 0) is 6.42 Å². The van der Waals surface area contributed by atoms with Crippen LogP contribution in [0.1, 0.15) is 37.8 Å². The third kappa shape index (κ3) is 2.11. The SMILES string of the molecule is CCc1c(F)ccc(C(C)C)c1SC. The largest absolute Gasteiger partial charge is 0.207 e. The maximum Gasteiger partial charge on any atom is 0.127 e. The highest BCUT2D eigenvalue weighted by Gasteiger charge is 2.13. The predicted molar refractivity (Wildman–Crippen MR) is 61.6 cm³/mol. The molecule has 1 aromatic carbocycles. The molecular weight excluding hydrogens is 195 g/mol. The molecule has 0 aliphatic rings. The standard InChI is InChI=1S/C12H17FS/c1-5-9-11(13)7-6-10(8(2)3)12(9)14-4/h6-8H,5H2,1-4H3. The Morgan fingerprint density at radius 3 is 2.43 bits per heavy atom. The summed E-state index contributed by atoms with van der Waals surface area (Å²) in [6, 6.07) is 3.50. The number of hydrogen-bond donors (Lipinski definition) is 0. The summed E-state index contributed by atoms with van der Waals surface area (Å²) < 4.78 is 13.5. The van der Waals surface area contributed by atoms with Crippen molar-refractivity contribution in [1.29, 1.82) is 0 Å². The molecule has 2 heteroatoms. The van der Waals surface area contributed by atoms with Crippen LogP contribution in [0.2, 0.25) is 0 Å². The maximum absolute atomic E-state index is 13.5. The molecule has 0 spiro atoms. The molecule has 0 N–H and O–H groups in total. The van der Waals surface area contributed by atoms with Gasteiger partial charge in [-0.2, -0.15) is 0 Å². The van der Waals surface area contributed by atoms with Crippen LogP contribution in [0.15, 0.2) is 17.0 Å². The Morgan fingerprint density at radius 2 is 2.00 bits per heavy atom. The van der Waals surface area contributed by atoms with Crippen LogP contribution in [-0.4, -0.2) is 6.26 Å². The van der Waals surface area contributed by atoms with Crippen LogP contribution in [0, 0.1) is 5.82 Å². The molecule has 78 valence electrons. The van der Waals surface area contributed by atoms with Crippen molar-refractivity contribution in [2.75, 3.05) is 6.26 Å². The first-order valence-corrected chi connectivity index (χ1v) is 6.19. The smallest absolute Gasteiger partial charge is 0.127 e. The molecule has 0 radical (unpaired) electrons. The number of hydrogen-bond acceptors (Lipinski definition) is 1. The summed E-state index contributed by atoms with van der Waals surface area (Å²) in [6.45, 7) is 6.29. The molecule has 0 aliphatic carbocycles. The molecule has 0 saturated carbocycles. The van der Waals surface area contributed by atoms with Crippen molar-refractivity contribution in [3.63, 3.8) is 0 Å². The molecule has 14 heavy (non-hydrogen) atoms. The van der Waals surface area contributed by atoms with E-state index in [4.69, 9.17) is 0 Å². The van der Waals surface area contributed by atoms with E-state index in [2.05, 4.69) is 13.8 Å². The second kappa shape index (κ2) is 4.83. The first-order chi connectivity index (χ1) is 6.61. The van der Waals surface area contributed by atoms with Crippen molar-refractivity contribution in [3.05, 3.63) is 29.1 Å². The second-order valence-corrected chi connectivity index (χ2v) is 4.47. The van der Waals surface area contributed by atoms with Gasteiger partial charge in [-0.3, -0.25) is 0 Å². The number of halogens is 1.